The number of para-hydroxylation sites is 1. The molecule has 2 aliphatic rings. The molecule has 1 aliphatic carbocycles. The molecule has 0 radical (unpaired) electrons. The first-order valence-electron chi connectivity index (χ1n) is 8.95. The van der Waals surface area contributed by atoms with E-state index in [0.29, 0.717) is 26.1 Å². The van der Waals surface area contributed by atoms with Crippen molar-refractivity contribution in [2.45, 2.75) is 37.5 Å². The normalized spacial score (nSPS) is 22.0. The second kappa shape index (κ2) is 7.33. The van der Waals surface area contributed by atoms with E-state index in [1.165, 1.54) is 0 Å². The van der Waals surface area contributed by atoms with E-state index >= 15 is 0 Å². The lowest BCUT2D eigenvalue weighted by Crippen LogP contribution is -2.52. The van der Waals surface area contributed by atoms with Crippen molar-refractivity contribution in [2.24, 2.45) is 5.92 Å². The molecule has 2 N–H and O–H groups in total. The fraction of sp³-hybridized carbons (Fsp3) is 0.579. The molecule has 0 bridgehead atoms. The van der Waals surface area contributed by atoms with Crippen LogP contribution in [0.15, 0.2) is 24.3 Å². The number of carboxylic acid groups (broad SMARTS) is 1. The van der Waals surface area contributed by atoms with Crippen molar-refractivity contribution in [3.8, 4) is 5.75 Å². The fourth-order valence-electron chi connectivity index (χ4n) is 3.95. The van der Waals surface area contributed by atoms with Crippen LogP contribution >= 0.6 is 0 Å². The minimum atomic E-state index is -0.818. The molecule has 1 atom stereocenters. The Hall–Kier alpha value is -2.24. The number of piperidine rings is 1. The van der Waals surface area contributed by atoms with E-state index < -0.39 is 11.9 Å². The van der Waals surface area contributed by atoms with Crippen LogP contribution in [-0.4, -0.2) is 48.8 Å². The minimum absolute atomic E-state index is 0.0791. The maximum atomic E-state index is 12.5. The van der Waals surface area contributed by atoms with Gasteiger partial charge in [0.2, 0.25) is 0 Å². The second-order valence-corrected chi connectivity index (χ2v) is 7.12. The second-order valence-electron chi connectivity index (χ2n) is 7.12. The number of nitrogens with one attached hydrogen (secondary N) is 1. The van der Waals surface area contributed by atoms with Gasteiger partial charge in [-0.1, -0.05) is 24.6 Å². The summed E-state index contributed by atoms with van der Waals surface area (Å²) in [7, 11) is 1.67. The lowest BCUT2D eigenvalue weighted by Gasteiger charge is -2.43. The molecule has 6 heteroatoms. The highest BCUT2D eigenvalue weighted by Crippen LogP contribution is 2.46. The topological polar surface area (TPSA) is 78.9 Å². The molecule has 3 rings (SSSR count). The molecule has 1 saturated heterocycles. The number of rotatable bonds is 5. The summed E-state index contributed by atoms with van der Waals surface area (Å²) in [6.45, 7) is 1.47. The van der Waals surface area contributed by atoms with Gasteiger partial charge in [-0.25, -0.2) is 4.79 Å². The van der Waals surface area contributed by atoms with Crippen molar-refractivity contribution < 1.29 is 19.4 Å². The zero-order valence-electron chi connectivity index (χ0n) is 14.7. The van der Waals surface area contributed by atoms with Crippen LogP contribution in [0.4, 0.5) is 4.79 Å². The first kappa shape index (κ1) is 17.6. The van der Waals surface area contributed by atoms with Crippen LogP contribution < -0.4 is 10.1 Å². The van der Waals surface area contributed by atoms with Crippen molar-refractivity contribution in [3.63, 3.8) is 0 Å². The van der Waals surface area contributed by atoms with E-state index in [2.05, 4.69) is 11.4 Å². The number of aliphatic carboxylic acids is 1. The van der Waals surface area contributed by atoms with E-state index in [1.54, 1.807) is 12.0 Å². The lowest BCUT2D eigenvalue weighted by atomic mass is 9.64. The maximum absolute atomic E-state index is 12.5. The predicted octanol–water partition coefficient (Wildman–Crippen LogP) is 2.62. The van der Waals surface area contributed by atoms with Gasteiger partial charge in [-0.3, -0.25) is 4.79 Å². The van der Waals surface area contributed by atoms with Gasteiger partial charge in [-0.15, -0.1) is 0 Å². The Balaban J connectivity index is 1.65. The molecule has 1 aliphatic heterocycles. The van der Waals surface area contributed by atoms with Crippen LogP contribution in [0.25, 0.3) is 0 Å². The van der Waals surface area contributed by atoms with Crippen LogP contribution in [-0.2, 0) is 10.2 Å². The van der Waals surface area contributed by atoms with Crippen LogP contribution in [0.5, 0.6) is 5.75 Å². The summed E-state index contributed by atoms with van der Waals surface area (Å²) in [6.07, 6.45) is 4.56. The van der Waals surface area contributed by atoms with E-state index in [9.17, 15) is 14.7 Å². The third-order valence-corrected chi connectivity index (χ3v) is 5.62. The Morgan fingerprint density at radius 1 is 1.32 bits per heavy atom. The highest BCUT2D eigenvalue weighted by Gasteiger charge is 2.41. The number of carboxylic acids is 1. The van der Waals surface area contributed by atoms with Crippen LogP contribution in [0.2, 0.25) is 0 Å². The van der Waals surface area contributed by atoms with Gasteiger partial charge in [-0.2, -0.15) is 0 Å². The predicted molar refractivity (Wildman–Crippen MR) is 93.9 cm³/mol. The molecule has 1 saturated carbocycles. The van der Waals surface area contributed by atoms with E-state index in [0.717, 1.165) is 37.0 Å². The molecule has 25 heavy (non-hydrogen) atoms. The molecular weight excluding hydrogens is 320 g/mol. The summed E-state index contributed by atoms with van der Waals surface area (Å²) >= 11 is 0. The first-order valence-corrected chi connectivity index (χ1v) is 8.95. The average molecular weight is 346 g/mol. The van der Waals surface area contributed by atoms with E-state index in [-0.39, 0.29) is 11.4 Å². The fourth-order valence-corrected chi connectivity index (χ4v) is 3.95. The number of hydrogen-bond donors (Lipinski definition) is 2. The van der Waals surface area contributed by atoms with Crippen LogP contribution in [0.1, 0.15) is 37.7 Å². The highest BCUT2D eigenvalue weighted by molar-refractivity contribution is 5.76. The number of methoxy groups -OCH3 is 1. The molecule has 2 amide bonds. The number of ether oxygens (including phenoxy) is 1. The molecule has 1 aromatic carbocycles. The molecule has 0 spiro atoms. The van der Waals surface area contributed by atoms with Crippen LogP contribution in [0, 0.1) is 5.92 Å². The van der Waals surface area contributed by atoms with Gasteiger partial charge in [-0.05, 0) is 31.7 Å². The quantitative estimate of drug-likeness (QED) is 0.859. The Morgan fingerprint density at radius 3 is 2.72 bits per heavy atom. The number of likely N-dealkylation sites (tertiary alicyclic amines) is 1. The molecule has 0 aromatic heterocycles. The summed E-state index contributed by atoms with van der Waals surface area (Å²) in [5.41, 5.74) is 1.07. The summed E-state index contributed by atoms with van der Waals surface area (Å²) < 4.78 is 5.50. The zero-order valence-corrected chi connectivity index (χ0v) is 14.7. The highest BCUT2D eigenvalue weighted by atomic mass is 16.5. The lowest BCUT2D eigenvalue weighted by molar-refractivity contribution is -0.143. The van der Waals surface area contributed by atoms with Gasteiger partial charge in [0.25, 0.3) is 0 Å². The Kier molecular flexibility index (Phi) is 5.16. The van der Waals surface area contributed by atoms with Crippen molar-refractivity contribution in [2.75, 3.05) is 26.7 Å². The first-order chi connectivity index (χ1) is 12.1. The SMILES string of the molecule is COc1ccccc1C1(CNC(=O)N2CCCC(C(=O)O)C2)CCC1. The summed E-state index contributed by atoms with van der Waals surface area (Å²) in [5.74, 6) is -0.409. The number of nitrogens with zero attached hydrogens (tertiary/aromatic N) is 1. The number of carbonyl (C=O) groups is 2. The standard InChI is InChI=1S/C19H26N2O4/c1-25-16-8-3-2-7-15(16)19(9-5-10-19)13-20-18(24)21-11-4-6-14(12-21)17(22)23/h2-3,7-8,14H,4-6,9-13H2,1H3,(H,20,24)(H,22,23). The Labute approximate surface area is 148 Å². The van der Waals surface area contributed by atoms with Crippen molar-refractivity contribution in [3.05, 3.63) is 29.8 Å². The number of amides is 2. The molecule has 1 unspecified atom stereocenters. The van der Waals surface area contributed by atoms with Gasteiger partial charge in [0.1, 0.15) is 5.75 Å². The number of hydrogen-bond acceptors (Lipinski definition) is 3. The Bertz CT molecular complexity index is 642. The number of urea groups is 1. The van der Waals surface area contributed by atoms with Crippen molar-refractivity contribution in [1.29, 1.82) is 0 Å². The van der Waals surface area contributed by atoms with Gasteiger partial charge in [0.15, 0.2) is 0 Å². The molecule has 6 nitrogen and oxygen atoms in total. The molecule has 2 fully saturated rings. The minimum Gasteiger partial charge on any atom is -0.496 e. The number of carbonyl (C=O) groups excluding carboxylic acids is 1. The third-order valence-electron chi connectivity index (χ3n) is 5.62. The number of benzene rings is 1. The monoisotopic (exact) mass is 346 g/mol. The van der Waals surface area contributed by atoms with Gasteiger partial charge in [0.05, 0.1) is 13.0 Å². The zero-order chi connectivity index (χ0) is 17.9. The molecule has 136 valence electrons. The van der Waals surface area contributed by atoms with Gasteiger partial charge >= 0.3 is 12.0 Å². The van der Waals surface area contributed by atoms with Gasteiger partial charge < -0.3 is 20.1 Å². The average Bonchev–Trinajstić information content (AvgIpc) is 2.61. The molecule has 1 aromatic rings. The van der Waals surface area contributed by atoms with E-state index in [1.807, 2.05) is 18.2 Å². The molecule has 1 heterocycles. The molecular formula is C19H26N2O4. The van der Waals surface area contributed by atoms with Crippen LogP contribution in [0.3, 0.4) is 0 Å². The summed E-state index contributed by atoms with van der Waals surface area (Å²) in [4.78, 5) is 25.3. The summed E-state index contributed by atoms with van der Waals surface area (Å²) in [6, 6.07) is 7.83. The van der Waals surface area contributed by atoms with Gasteiger partial charge in [0, 0.05) is 30.6 Å². The van der Waals surface area contributed by atoms with E-state index in [4.69, 9.17) is 4.74 Å². The summed E-state index contributed by atoms with van der Waals surface area (Å²) in [5, 5.41) is 12.2. The third kappa shape index (κ3) is 3.57. The van der Waals surface area contributed by atoms with Crippen molar-refractivity contribution in [1.82, 2.24) is 10.2 Å². The largest absolute Gasteiger partial charge is 0.496 e. The maximum Gasteiger partial charge on any atom is 0.317 e. The van der Waals surface area contributed by atoms with Crippen molar-refractivity contribution >= 4 is 12.0 Å². The smallest absolute Gasteiger partial charge is 0.317 e. The Morgan fingerprint density at radius 2 is 2.08 bits per heavy atom.